The number of thiophene rings is 1. The molecule has 1 aromatic heterocycles. The van der Waals surface area contributed by atoms with Gasteiger partial charge in [0.15, 0.2) is 11.5 Å². The predicted octanol–water partition coefficient (Wildman–Crippen LogP) is 3.56. The van der Waals surface area contributed by atoms with Gasteiger partial charge in [0, 0.05) is 36.2 Å². The molecular formula is C21H24F2N2O4S. The number of nitrogens with zero attached hydrogens (tertiary/aromatic N) is 1. The summed E-state index contributed by atoms with van der Waals surface area (Å²) in [6, 6.07) is 8.83. The molecule has 1 amide bonds. The average Bonchev–Trinajstić information content (AvgIpc) is 3.28. The lowest BCUT2D eigenvalue weighted by atomic mass is 10.1. The zero-order valence-electron chi connectivity index (χ0n) is 16.6. The number of morpholine rings is 1. The summed E-state index contributed by atoms with van der Waals surface area (Å²) in [7, 11) is 1.37. The van der Waals surface area contributed by atoms with Crippen molar-refractivity contribution >= 4 is 23.3 Å². The molecule has 2 aromatic rings. The highest BCUT2D eigenvalue weighted by molar-refractivity contribution is 7.10. The fraction of sp³-hybridized carbons (Fsp3) is 0.381. The molecule has 0 radical (unpaired) electrons. The number of rotatable bonds is 9. The van der Waals surface area contributed by atoms with E-state index in [4.69, 9.17) is 9.47 Å². The molecule has 162 valence electrons. The standard InChI is InChI=1S/C21H24F2N2O4S/c1-27-17-5-2-4-15(20(17)29-21(22)23)7-8-19(26)24-14-16(18-6-3-13-30-18)25-9-11-28-12-10-25/h2-8,13,16,21H,9-12,14H2,1H3,(H,24,26)/b8-7+. The van der Waals surface area contributed by atoms with Crippen LogP contribution in [0.2, 0.25) is 0 Å². The molecule has 1 unspecified atom stereocenters. The lowest BCUT2D eigenvalue weighted by Crippen LogP contribution is -2.43. The molecule has 1 aromatic carbocycles. The van der Waals surface area contributed by atoms with Crippen molar-refractivity contribution < 1.29 is 27.8 Å². The fourth-order valence-electron chi connectivity index (χ4n) is 3.24. The lowest BCUT2D eigenvalue weighted by Gasteiger charge is -2.34. The number of ether oxygens (including phenoxy) is 3. The molecule has 2 heterocycles. The van der Waals surface area contributed by atoms with Crippen molar-refractivity contribution in [3.05, 3.63) is 52.2 Å². The number of alkyl halides is 2. The van der Waals surface area contributed by atoms with Gasteiger partial charge >= 0.3 is 6.61 Å². The van der Waals surface area contributed by atoms with Crippen molar-refractivity contribution in [3.8, 4) is 11.5 Å². The van der Waals surface area contributed by atoms with E-state index in [0.29, 0.717) is 25.3 Å². The van der Waals surface area contributed by atoms with Crippen LogP contribution in [-0.4, -0.2) is 57.4 Å². The number of hydrogen-bond acceptors (Lipinski definition) is 6. The number of carbonyl (C=O) groups is 1. The topological polar surface area (TPSA) is 60.0 Å². The second-order valence-corrected chi connectivity index (χ2v) is 7.49. The van der Waals surface area contributed by atoms with Gasteiger partial charge in [-0.3, -0.25) is 9.69 Å². The van der Waals surface area contributed by atoms with Crippen molar-refractivity contribution in [2.24, 2.45) is 0 Å². The highest BCUT2D eigenvalue weighted by Gasteiger charge is 2.23. The van der Waals surface area contributed by atoms with Gasteiger partial charge in [-0.2, -0.15) is 8.78 Å². The fourth-order valence-corrected chi connectivity index (χ4v) is 4.10. The molecule has 9 heteroatoms. The van der Waals surface area contributed by atoms with Gasteiger partial charge in [0.25, 0.3) is 0 Å². The summed E-state index contributed by atoms with van der Waals surface area (Å²) in [6.07, 6.45) is 2.74. The number of carbonyl (C=O) groups excluding carboxylic acids is 1. The summed E-state index contributed by atoms with van der Waals surface area (Å²) < 4.78 is 40.6. The Morgan fingerprint density at radius 3 is 2.77 bits per heavy atom. The first kappa shape index (κ1) is 22.2. The number of benzene rings is 1. The third-order valence-corrected chi connectivity index (χ3v) is 5.65. The first-order valence-electron chi connectivity index (χ1n) is 9.51. The molecule has 30 heavy (non-hydrogen) atoms. The second-order valence-electron chi connectivity index (χ2n) is 6.52. The summed E-state index contributed by atoms with van der Waals surface area (Å²) in [6.45, 7) is 0.361. The number of para-hydroxylation sites is 1. The van der Waals surface area contributed by atoms with Crippen molar-refractivity contribution in [2.75, 3.05) is 40.0 Å². The van der Waals surface area contributed by atoms with Crippen LogP contribution in [0.4, 0.5) is 8.78 Å². The van der Waals surface area contributed by atoms with Crippen molar-refractivity contribution in [2.45, 2.75) is 12.7 Å². The van der Waals surface area contributed by atoms with Crippen molar-refractivity contribution in [1.82, 2.24) is 10.2 Å². The van der Waals surface area contributed by atoms with Crippen molar-refractivity contribution in [3.63, 3.8) is 0 Å². The zero-order valence-corrected chi connectivity index (χ0v) is 17.4. The Morgan fingerprint density at radius 1 is 1.30 bits per heavy atom. The van der Waals surface area contributed by atoms with Crippen LogP contribution in [0.15, 0.2) is 41.8 Å². The van der Waals surface area contributed by atoms with Gasteiger partial charge < -0.3 is 19.5 Å². The van der Waals surface area contributed by atoms with Crippen LogP contribution in [0.5, 0.6) is 11.5 Å². The normalized spacial score (nSPS) is 16.0. The minimum Gasteiger partial charge on any atom is -0.493 e. The smallest absolute Gasteiger partial charge is 0.387 e. The maximum absolute atomic E-state index is 12.7. The van der Waals surface area contributed by atoms with E-state index in [2.05, 4.69) is 21.0 Å². The number of halogens is 2. The maximum Gasteiger partial charge on any atom is 0.387 e. The SMILES string of the molecule is COc1cccc(/C=C/C(=O)NCC(c2cccs2)N2CCOCC2)c1OC(F)F. The molecule has 1 aliphatic heterocycles. The highest BCUT2D eigenvalue weighted by atomic mass is 32.1. The third-order valence-electron chi connectivity index (χ3n) is 4.68. The van der Waals surface area contributed by atoms with Gasteiger partial charge in [-0.1, -0.05) is 18.2 Å². The number of amides is 1. The van der Waals surface area contributed by atoms with Gasteiger partial charge in [0.1, 0.15) is 0 Å². The second kappa shape index (κ2) is 11.1. The molecule has 3 rings (SSSR count). The summed E-state index contributed by atoms with van der Waals surface area (Å²) in [5.41, 5.74) is 0.327. The molecule has 0 aliphatic carbocycles. The van der Waals surface area contributed by atoms with Crippen LogP contribution in [0.3, 0.4) is 0 Å². The molecular weight excluding hydrogens is 414 g/mol. The quantitative estimate of drug-likeness (QED) is 0.607. The molecule has 0 saturated carbocycles. The average molecular weight is 438 g/mol. The summed E-state index contributed by atoms with van der Waals surface area (Å²) in [5.74, 6) is -0.262. The van der Waals surface area contributed by atoms with E-state index < -0.39 is 6.61 Å². The predicted molar refractivity (Wildman–Crippen MR) is 111 cm³/mol. The molecule has 1 saturated heterocycles. The van der Waals surface area contributed by atoms with E-state index >= 15 is 0 Å². The summed E-state index contributed by atoms with van der Waals surface area (Å²) in [5, 5.41) is 4.92. The first-order chi connectivity index (χ1) is 14.6. The Kier molecular flexibility index (Phi) is 8.18. The van der Waals surface area contributed by atoms with E-state index in [1.54, 1.807) is 23.5 Å². The highest BCUT2D eigenvalue weighted by Crippen LogP contribution is 2.33. The van der Waals surface area contributed by atoms with Crippen LogP contribution < -0.4 is 14.8 Å². The van der Waals surface area contributed by atoms with E-state index in [9.17, 15) is 13.6 Å². The molecule has 1 fully saturated rings. The van der Waals surface area contributed by atoms with Gasteiger partial charge in [-0.05, 0) is 23.6 Å². The van der Waals surface area contributed by atoms with Gasteiger partial charge in [0.05, 0.1) is 26.4 Å². The van der Waals surface area contributed by atoms with Crippen LogP contribution >= 0.6 is 11.3 Å². The van der Waals surface area contributed by atoms with Crippen molar-refractivity contribution in [1.29, 1.82) is 0 Å². The molecule has 1 atom stereocenters. The van der Waals surface area contributed by atoms with E-state index in [1.807, 2.05) is 11.4 Å². The molecule has 0 bridgehead atoms. The monoisotopic (exact) mass is 438 g/mol. The first-order valence-corrected chi connectivity index (χ1v) is 10.4. The van der Waals surface area contributed by atoms with E-state index in [0.717, 1.165) is 13.1 Å². The minimum atomic E-state index is -3.00. The van der Waals surface area contributed by atoms with E-state index in [-0.39, 0.29) is 23.4 Å². The molecule has 6 nitrogen and oxygen atoms in total. The van der Waals surface area contributed by atoms with Gasteiger partial charge in [-0.25, -0.2) is 0 Å². The third kappa shape index (κ3) is 6.01. The number of hydrogen-bond donors (Lipinski definition) is 1. The van der Waals surface area contributed by atoms with Crippen LogP contribution in [0.25, 0.3) is 6.08 Å². The minimum absolute atomic E-state index is 0.0563. The largest absolute Gasteiger partial charge is 0.493 e. The Hall–Kier alpha value is -2.49. The van der Waals surface area contributed by atoms with Gasteiger partial charge in [0.2, 0.25) is 5.91 Å². The van der Waals surface area contributed by atoms with Crippen LogP contribution in [0, 0.1) is 0 Å². The van der Waals surface area contributed by atoms with Crippen LogP contribution in [-0.2, 0) is 9.53 Å². The maximum atomic E-state index is 12.7. The number of nitrogens with one attached hydrogen (secondary N) is 1. The Balaban J connectivity index is 1.66. The van der Waals surface area contributed by atoms with E-state index in [1.165, 1.54) is 30.2 Å². The Morgan fingerprint density at radius 2 is 2.10 bits per heavy atom. The van der Waals surface area contributed by atoms with Crippen LogP contribution in [0.1, 0.15) is 16.5 Å². The lowest BCUT2D eigenvalue weighted by molar-refractivity contribution is -0.116. The Bertz CT molecular complexity index is 840. The molecule has 0 spiro atoms. The summed E-state index contributed by atoms with van der Waals surface area (Å²) >= 11 is 1.65. The summed E-state index contributed by atoms with van der Waals surface area (Å²) in [4.78, 5) is 15.9. The number of methoxy groups -OCH3 is 1. The zero-order chi connectivity index (χ0) is 21.3. The van der Waals surface area contributed by atoms with Gasteiger partial charge in [-0.15, -0.1) is 11.3 Å². The molecule has 1 aliphatic rings. The molecule has 1 N–H and O–H groups in total. The Labute approximate surface area is 178 Å².